The number of aliphatic imine (C=N–C) groups is 1. The van der Waals surface area contributed by atoms with E-state index in [0.29, 0.717) is 24.7 Å². The minimum absolute atomic E-state index is 0.100. The first-order valence-corrected chi connectivity index (χ1v) is 6.70. The van der Waals surface area contributed by atoms with Gasteiger partial charge in [-0.2, -0.15) is 13.2 Å². The lowest BCUT2D eigenvalue weighted by molar-refractivity contribution is -0.139. The zero-order valence-corrected chi connectivity index (χ0v) is 11.5. The fourth-order valence-electron chi connectivity index (χ4n) is 2.02. The van der Waals surface area contributed by atoms with Gasteiger partial charge in [-0.1, -0.05) is 6.92 Å². The molecule has 0 aliphatic carbocycles. The van der Waals surface area contributed by atoms with Gasteiger partial charge in [-0.05, 0) is 24.6 Å². The summed E-state index contributed by atoms with van der Waals surface area (Å²) >= 11 is 0. The van der Waals surface area contributed by atoms with Gasteiger partial charge in [-0.25, -0.2) is 9.38 Å². The fourth-order valence-corrected chi connectivity index (χ4v) is 2.02. The smallest absolute Gasteiger partial charge is 0.419 e. The Morgan fingerprint density at radius 1 is 1.38 bits per heavy atom. The average Bonchev–Trinajstić information content (AvgIpc) is 2.83. The summed E-state index contributed by atoms with van der Waals surface area (Å²) < 4.78 is 56.1. The van der Waals surface area contributed by atoms with Crippen LogP contribution in [-0.4, -0.2) is 25.1 Å². The number of nitrogens with one attached hydrogen (secondary N) is 1. The summed E-state index contributed by atoms with van der Waals surface area (Å²) in [7, 11) is 0. The van der Waals surface area contributed by atoms with Gasteiger partial charge in [0.05, 0.1) is 5.56 Å². The molecule has 2 rings (SSSR count). The molecule has 0 saturated heterocycles. The van der Waals surface area contributed by atoms with Crippen LogP contribution in [0.15, 0.2) is 23.2 Å². The lowest BCUT2D eigenvalue weighted by Crippen LogP contribution is -2.19. The van der Waals surface area contributed by atoms with E-state index in [-0.39, 0.29) is 6.04 Å². The number of hydrogen-bond donors (Lipinski definition) is 1. The zero-order valence-electron chi connectivity index (χ0n) is 11.5. The minimum Gasteiger partial charge on any atom is -0.479 e. The Balaban J connectivity index is 1.94. The van der Waals surface area contributed by atoms with Crippen molar-refractivity contribution < 1.29 is 22.3 Å². The Morgan fingerprint density at radius 2 is 2.14 bits per heavy atom. The van der Waals surface area contributed by atoms with E-state index < -0.39 is 17.6 Å². The molecule has 0 aromatic heterocycles. The molecular formula is C14H16F4N2O. The van der Waals surface area contributed by atoms with Gasteiger partial charge in [0.1, 0.15) is 18.5 Å². The van der Waals surface area contributed by atoms with Crippen molar-refractivity contribution >= 4 is 11.6 Å². The number of hydrogen-bond acceptors (Lipinski definition) is 3. The summed E-state index contributed by atoms with van der Waals surface area (Å²) in [5.74, 6) is -0.590. The van der Waals surface area contributed by atoms with Crippen LogP contribution in [0.4, 0.5) is 23.2 Å². The quantitative estimate of drug-likeness (QED) is 0.838. The molecule has 1 atom stereocenters. The van der Waals surface area contributed by atoms with E-state index in [1.165, 1.54) is 6.07 Å². The van der Waals surface area contributed by atoms with E-state index in [1.807, 2.05) is 6.92 Å². The molecule has 1 unspecified atom stereocenters. The van der Waals surface area contributed by atoms with Crippen LogP contribution in [0.1, 0.15) is 25.3 Å². The van der Waals surface area contributed by atoms with Crippen molar-refractivity contribution in [3.63, 3.8) is 0 Å². The number of ether oxygens (including phenoxy) is 1. The number of alkyl halides is 3. The molecule has 7 heteroatoms. The highest BCUT2D eigenvalue weighted by atomic mass is 19.4. The first-order valence-electron chi connectivity index (χ1n) is 6.70. The van der Waals surface area contributed by atoms with E-state index >= 15 is 0 Å². The lowest BCUT2D eigenvalue weighted by atomic mass is 10.2. The Hall–Kier alpha value is -1.79. The van der Waals surface area contributed by atoms with Crippen LogP contribution in [0.25, 0.3) is 0 Å². The molecule has 1 aliphatic rings. The van der Waals surface area contributed by atoms with E-state index in [4.69, 9.17) is 4.74 Å². The van der Waals surface area contributed by atoms with E-state index in [9.17, 15) is 17.6 Å². The zero-order chi connectivity index (χ0) is 15.5. The largest absolute Gasteiger partial charge is 0.479 e. The molecule has 21 heavy (non-hydrogen) atoms. The van der Waals surface area contributed by atoms with Crippen LogP contribution < -0.4 is 5.32 Å². The predicted molar refractivity (Wildman–Crippen MR) is 72.0 cm³/mol. The molecule has 1 aromatic rings. The number of anilines is 1. The molecule has 0 spiro atoms. The highest BCUT2D eigenvalue weighted by molar-refractivity contribution is 5.77. The third-order valence-corrected chi connectivity index (χ3v) is 3.05. The molecule has 1 aliphatic heterocycles. The highest BCUT2D eigenvalue weighted by Crippen LogP contribution is 2.32. The van der Waals surface area contributed by atoms with Crippen molar-refractivity contribution in [3.8, 4) is 0 Å². The van der Waals surface area contributed by atoms with Crippen LogP contribution in [0.5, 0.6) is 0 Å². The monoisotopic (exact) mass is 304 g/mol. The summed E-state index contributed by atoms with van der Waals surface area (Å²) in [6.45, 7) is 2.84. The lowest BCUT2D eigenvalue weighted by Gasteiger charge is -2.12. The molecule has 1 aromatic carbocycles. The van der Waals surface area contributed by atoms with Gasteiger partial charge in [0.15, 0.2) is 5.90 Å². The average molecular weight is 304 g/mol. The Morgan fingerprint density at radius 3 is 2.76 bits per heavy atom. The van der Waals surface area contributed by atoms with E-state index in [0.717, 1.165) is 25.0 Å². The van der Waals surface area contributed by atoms with Crippen molar-refractivity contribution in [1.29, 1.82) is 0 Å². The second-order valence-electron chi connectivity index (χ2n) is 4.81. The first kappa shape index (κ1) is 15.6. The van der Waals surface area contributed by atoms with Gasteiger partial charge in [0.25, 0.3) is 0 Å². The van der Waals surface area contributed by atoms with Crippen molar-refractivity contribution in [2.75, 3.05) is 18.5 Å². The maximum Gasteiger partial charge on any atom is 0.419 e. The first-order chi connectivity index (χ1) is 9.90. The van der Waals surface area contributed by atoms with Crippen LogP contribution >= 0.6 is 0 Å². The molecule has 0 bridgehead atoms. The number of nitrogens with zero attached hydrogens (tertiary/aromatic N) is 1. The van der Waals surface area contributed by atoms with Crippen LogP contribution in [0.2, 0.25) is 0 Å². The Bertz CT molecular complexity index is 528. The number of benzene rings is 1. The van der Waals surface area contributed by atoms with Gasteiger partial charge in [0.2, 0.25) is 0 Å². The molecule has 116 valence electrons. The van der Waals surface area contributed by atoms with Gasteiger partial charge in [-0.15, -0.1) is 0 Å². The molecule has 3 nitrogen and oxygen atoms in total. The van der Waals surface area contributed by atoms with E-state index in [1.54, 1.807) is 0 Å². The minimum atomic E-state index is -4.68. The maximum atomic E-state index is 13.4. The second kappa shape index (κ2) is 6.32. The summed E-state index contributed by atoms with van der Waals surface area (Å²) in [5.41, 5.74) is -0.972. The van der Waals surface area contributed by atoms with Crippen molar-refractivity contribution in [2.45, 2.75) is 32.0 Å². The Labute approximate surface area is 120 Å². The summed E-state index contributed by atoms with van der Waals surface area (Å²) in [6, 6.07) is 2.68. The van der Waals surface area contributed by atoms with Crippen LogP contribution in [0.3, 0.4) is 0 Å². The number of rotatable bonds is 5. The SMILES string of the molecule is CCCC1=NC(CNc2ccc(C(F)(F)F)c(F)c2)CO1. The summed E-state index contributed by atoms with van der Waals surface area (Å²) in [4.78, 5) is 4.33. The van der Waals surface area contributed by atoms with Crippen molar-refractivity contribution in [1.82, 2.24) is 0 Å². The standard InChI is InChI=1S/C14H16F4N2O/c1-2-3-13-20-10(8-21-13)7-19-9-4-5-11(12(15)6-9)14(16,17)18/h4-6,10,19H,2-3,7-8H2,1H3. The summed E-state index contributed by atoms with van der Waals surface area (Å²) in [6.07, 6.45) is -2.98. The van der Waals surface area contributed by atoms with Crippen molar-refractivity contribution in [2.24, 2.45) is 4.99 Å². The molecule has 0 fully saturated rings. The number of halogens is 4. The fraction of sp³-hybridized carbons (Fsp3) is 0.500. The predicted octanol–water partition coefficient (Wildman–Crippen LogP) is 3.85. The molecule has 1 heterocycles. The molecular weight excluding hydrogens is 288 g/mol. The van der Waals surface area contributed by atoms with Gasteiger partial charge in [0, 0.05) is 18.7 Å². The van der Waals surface area contributed by atoms with Gasteiger partial charge < -0.3 is 10.1 Å². The van der Waals surface area contributed by atoms with Crippen LogP contribution in [0, 0.1) is 5.82 Å². The Kier molecular flexibility index (Phi) is 4.69. The highest BCUT2D eigenvalue weighted by Gasteiger charge is 2.33. The van der Waals surface area contributed by atoms with E-state index in [2.05, 4.69) is 10.3 Å². The van der Waals surface area contributed by atoms with Gasteiger partial charge >= 0.3 is 6.18 Å². The van der Waals surface area contributed by atoms with Crippen molar-refractivity contribution in [3.05, 3.63) is 29.6 Å². The molecule has 0 radical (unpaired) electrons. The molecule has 1 N–H and O–H groups in total. The third-order valence-electron chi connectivity index (χ3n) is 3.05. The summed E-state index contributed by atoms with van der Waals surface area (Å²) in [5, 5.41) is 2.87. The van der Waals surface area contributed by atoms with Crippen LogP contribution in [-0.2, 0) is 10.9 Å². The van der Waals surface area contributed by atoms with Gasteiger partial charge in [-0.3, -0.25) is 0 Å². The third kappa shape index (κ3) is 4.09. The molecule has 0 amide bonds. The topological polar surface area (TPSA) is 33.6 Å². The molecule has 0 saturated carbocycles. The normalized spacial score (nSPS) is 18.3. The maximum absolute atomic E-state index is 13.4. The second-order valence-corrected chi connectivity index (χ2v) is 4.81.